The van der Waals surface area contributed by atoms with Gasteiger partial charge in [0, 0.05) is 10.7 Å². The van der Waals surface area contributed by atoms with E-state index in [-0.39, 0.29) is 16.6 Å². The highest BCUT2D eigenvalue weighted by atomic mass is 79.9. The molecule has 2 rings (SSSR count). The summed E-state index contributed by atoms with van der Waals surface area (Å²) in [5.74, 6) is -0.653. The molecule has 0 bridgehead atoms. The van der Waals surface area contributed by atoms with Gasteiger partial charge in [-0.1, -0.05) is 25.4 Å². The van der Waals surface area contributed by atoms with Gasteiger partial charge >= 0.3 is 5.97 Å². The van der Waals surface area contributed by atoms with Crippen LogP contribution in [0.15, 0.2) is 22.8 Å². The van der Waals surface area contributed by atoms with Gasteiger partial charge in [-0.2, -0.15) is 5.10 Å². The van der Waals surface area contributed by atoms with Gasteiger partial charge in [0.05, 0.1) is 5.69 Å². The number of pyridine rings is 1. The second-order valence-electron chi connectivity index (χ2n) is 4.26. The van der Waals surface area contributed by atoms with E-state index in [1.165, 1.54) is 4.68 Å². The lowest BCUT2D eigenvalue weighted by Crippen LogP contribution is -2.01. The number of carbonyl (C=O) groups is 1. The maximum atomic E-state index is 11.3. The molecule has 0 aliphatic rings. The van der Waals surface area contributed by atoms with E-state index in [0.717, 1.165) is 4.47 Å². The Bertz CT molecular complexity index is 623. The van der Waals surface area contributed by atoms with E-state index in [9.17, 15) is 9.90 Å². The molecular formula is C12H11BrClN3O2. The summed E-state index contributed by atoms with van der Waals surface area (Å²) in [4.78, 5) is 15.4. The Balaban J connectivity index is 2.62. The van der Waals surface area contributed by atoms with Crippen molar-refractivity contribution < 1.29 is 9.90 Å². The molecule has 0 aliphatic heterocycles. The van der Waals surface area contributed by atoms with Crippen LogP contribution >= 0.6 is 27.5 Å². The number of carboxylic acids is 1. The second kappa shape index (κ2) is 5.30. The van der Waals surface area contributed by atoms with Crippen molar-refractivity contribution in [3.05, 3.63) is 39.2 Å². The summed E-state index contributed by atoms with van der Waals surface area (Å²) >= 11 is 9.39. The smallest absolute Gasteiger partial charge is 0.340 e. The van der Waals surface area contributed by atoms with Crippen LogP contribution in [0.25, 0.3) is 5.82 Å². The molecule has 0 atom stereocenters. The van der Waals surface area contributed by atoms with Crippen molar-refractivity contribution in [1.29, 1.82) is 0 Å². The quantitative estimate of drug-likeness (QED) is 0.925. The van der Waals surface area contributed by atoms with E-state index in [1.54, 1.807) is 18.3 Å². The third-order valence-electron chi connectivity index (χ3n) is 2.55. The zero-order valence-electron chi connectivity index (χ0n) is 10.3. The summed E-state index contributed by atoms with van der Waals surface area (Å²) in [5.41, 5.74) is 0.476. The van der Waals surface area contributed by atoms with E-state index < -0.39 is 5.97 Å². The van der Waals surface area contributed by atoms with E-state index in [1.807, 2.05) is 13.8 Å². The Morgan fingerprint density at radius 3 is 2.58 bits per heavy atom. The molecule has 2 heterocycles. The third kappa shape index (κ3) is 2.64. The van der Waals surface area contributed by atoms with E-state index in [2.05, 4.69) is 26.0 Å². The van der Waals surface area contributed by atoms with Crippen molar-refractivity contribution >= 4 is 33.5 Å². The Kier molecular flexibility index (Phi) is 3.91. The minimum absolute atomic E-state index is 0.0291. The average molecular weight is 345 g/mol. The fourth-order valence-corrected chi connectivity index (χ4v) is 2.20. The summed E-state index contributed by atoms with van der Waals surface area (Å²) in [5, 5.41) is 13.6. The monoisotopic (exact) mass is 343 g/mol. The van der Waals surface area contributed by atoms with Crippen molar-refractivity contribution in [3.8, 4) is 5.82 Å². The van der Waals surface area contributed by atoms with Crippen molar-refractivity contribution in [2.24, 2.45) is 0 Å². The van der Waals surface area contributed by atoms with Crippen LogP contribution in [0, 0.1) is 0 Å². The third-order valence-corrected chi connectivity index (χ3v) is 3.36. The van der Waals surface area contributed by atoms with Crippen LogP contribution in [0.4, 0.5) is 0 Å². The molecule has 2 aromatic heterocycles. The van der Waals surface area contributed by atoms with Crippen LogP contribution in [-0.2, 0) is 0 Å². The first-order chi connectivity index (χ1) is 8.91. The lowest BCUT2D eigenvalue weighted by atomic mass is 10.1. The van der Waals surface area contributed by atoms with Gasteiger partial charge in [0.2, 0.25) is 0 Å². The van der Waals surface area contributed by atoms with Gasteiger partial charge in [0.1, 0.15) is 10.7 Å². The van der Waals surface area contributed by atoms with Gasteiger partial charge in [-0.3, -0.25) is 0 Å². The molecule has 5 nitrogen and oxygen atoms in total. The number of nitrogens with zero attached hydrogens (tertiary/aromatic N) is 3. The number of halogens is 2. The van der Waals surface area contributed by atoms with Gasteiger partial charge in [-0.15, -0.1) is 0 Å². The predicted octanol–water partition coefficient (Wildman–Crippen LogP) is 3.50. The van der Waals surface area contributed by atoms with Gasteiger partial charge in [0.15, 0.2) is 5.82 Å². The van der Waals surface area contributed by atoms with E-state index in [0.29, 0.717) is 11.5 Å². The number of hydrogen-bond donors (Lipinski definition) is 1. The first-order valence-corrected chi connectivity index (χ1v) is 6.72. The standard InChI is InChI=1S/C12H11BrClN3O2/c1-6(2)10-9(12(18)19)11(14)17(16-10)8-4-3-7(13)5-15-8/h3-6H,1-2H3,(H,18,19). The molecule has 0 unspecified atom stereocenters. The Labute approximate surface area is 123 Å². The van der Waals surface area contributed by atoms with Gasteiger partial charge < -0.3 is 5.11 Å². The maximum Gasteiger partial charge on any atom is 0.340 e. The fourth-order valence-electron chi connectivity index (χ4n) is 1.66. The molecule has 0 spiro atoms. The topological polar surface area (TPSA) is 68.0 Å². The summed E-state index contributed by atoms with van der Waals surface area (Å²) in [7, 11) is 0. The number of carboxylic acid groups (broad SMARTS) is 1. The van der Waals surface area contributed by atoms with Crippen LogP contribution in [0.5, 0.6) is 0 Å². The van der Waals surface area contributed by atoms with Crippen molar-refractivity contribution in [3.63, 3.8) is 0 Å². The fraction of sp³-hybridized carbons (Fsp3) is 0.250. The van der Waals surface area contributed by atoms with Crippen molar-refractivity contribution in [2.75, 3.05) is 0 Å². The summed E-state index contributed by atoms with van der Waals surface area (Å²) < 4.78 is 2.16. The average Bonchev–Trinajstić information content (AvgIpc) is 2.68. The highest BCUT2D eigenvalue weighted by Gasteiger charge is 2.25. The highest BCUT2D eigenvalue weighted by Crippen LogP contribution is 2.28. The lowest BCUT2D eigenvalue weighted by molar-refractivity contribution is 0.0695. The molecule has 0 aliphatic carbocycles. The number of aromatic nitrogens is 3. The number of aromatic carboxylic acids is 1. The first-order valence-electron chi connectivity index (χ1n) is 5.55. The Hall–Kier alpha value is -1.40. The maximum absolute atomic E-state index is 11.3. The molecule has 0 amide bonds. The molecule has 7 heteroatoms. The van der Waals surface area contributed by atoms with Gasteiger partial charge in [-0.05, 0) is 34.0 Å². The SMILES string of the molecule is CC(C)c1nn(-c2ccc(Br)cn2)c(Cl)c1C(=O)O. The summed E-state index contributed by atoms with van der Waals surface area (Å²) in [6.07, 6.45) is 1.60. The van der Waals surface area contributed by atoms with Crippen LogP contribution in [0.2, 0.25) is 5.15 Å². The molecule has 1 N–H and O–H groups in total. The van der Waals surface area contributed by atoms with Crippen LogP contribution < -0.4 is 0 Å². The van der Waals surface area contributed by atoms with Crippen LogP contribution in [0.1, 0.15) is 35.8 Å². The zero-order valence-corrected chi connectivity index (χ0v) is 12.6. The largest absolute Gasteiger partial charge is 0.478 e. The molecule has 0 saturated carbocycles. The summed E-state index contributed by atoms with van der Waals surface area (Å²) in [6, 6.07) is 3.49. The van der Waals surface area contributed by atoms with Crippen molar-refractivity contribution in [1.82, 2.24) is 14.8 Å². The van der Waals surface area contributed by atoms with Crippen molar-refractivity contribution in [2.45, 2.75) is 19.8 Å². The molecule has 2 aromatic rings. The lowest BCUT2D eigenvalue weighted by Gasteiger charge is -2.01. The van der Waals surface area contributed by atoms with Gasteiger partial charge in [-0.25, -0.2) is 14.5 Å². The Morgan fingerprint density at radius 1 is 1.47 bits per heavy atom. The number of rotatable bonds is 3. The summed E-state index contributed by atoms with van der Waals surface area (Å²) in [6.45, 7) is 3.73. The first kappa shape index (κ1) is 14.0. The molecule has 0 fully saturated rings. The highest BCUT2D eigenvalue weighted by molar-refractivity contribution is 9.10. The second-order valence-corrected chi connectivity index (χ2v) is 5.53. The zero-order chi connectivity index (χ0) is 14.2. The normalized spacial score (nSPS) is 11.0. The molecular weight excluding hydrogens is 334 g/mol. The van der Waals surface area contributed by atoms with Gasteiger partial charge in [0.25, 0.3) is 0 Å². The van der Waals surface area contributed by atoms with Crippen LogP contribution in [-0.4, -0.2) is 25.8 Å². The molecule has 19 heavy (non-hydrogen) atoms. The molecule has 100 valence electrons. The minimum atomic E-state index is -1.09. The molecule has 0 saturated heterocycles. The van der Waals surface area contributed by atoms with Crippen LogP contribution in [0.3, 0.4) is 0 Å². The van der Waals surface area contributed by atoms with E-state index >= 15 is 0 Å². The molecule has 0 radical (unpaired) electrons. The Morgan fingerprint density at radius 2 is 2.16 bits per heavy atom. The number of hydrogen-bond acceptors (Lipinski definition) is 3. The van der Waals surface area contributed by atoms with E-state index in [4.69, 9.17) is 11.6 Å². The minimum Gasteiger partial charge on any atom is -0.478 e. The predicted molar refractivity (Wildman–Crippen MR) is 75.1 cm³/mol. The molecule has 0 aromatic carbocycles.